The summed E-state index contributed by atoms with van der Waals surface area (Å²) in [6.45, 7) is 5.24. The average Bonchev–Trinajstić information content (AvgIpc) is 3.11. The first-order chi connectivity index (χ1) is 12.0. The van der Waals surface area contributed by atoms with Gasteiger partial charge in [-0.25, -0.2) is 0 Å². The van der Waals surface area contributed by atoms with Gasteiger partial charge in [-0.2, -0.15) is 0 Å². The van der Waals surface area contributed by atoms with Gasteiger partial charge in [-0.1, -0.05) is 37.3 Å². The third kappa shape index (κ3) is 3.67. The highest BCUT2D eigenvalue weighted by molar-refractivity contribution is 7.15. The minimum absolute atomic E-state index is 0.0487. The number of amides is 1. The Kier molecular flexibility index (Phi) is 5.34. The summed E-state index contributed by atoms with van der Waals surface area (Å²) in [5, 5.41) is 12.7. The SMILES string of the molecule is COc1ccc(C2(C(=O)Nc3nnc(C(C)C)s3)CCOCC2)cc1. The molecule has 0 saturated carbocycles. The van der Waals surface area contributed by atoms with Crippen LogP contribution < -0.4 is 10.1 Å². The zero-order chi connectivity index (χ0) is 17.9. The highest BCUT2D eigenvalue weighted by Gasteiger charge is 2.42. The van der Waals surface area contributed by atoms with Crippen LogP contribution in [0.2, 0.25) is 0 Å². The number of hydrogen-bond acceptors (Lipinski definition) is 6. The van der Waals surface area contributed by atoms with Crippen molar-refractivity contribution in [3.63, 3.8) is 0 Å². The van der Waals surface area contributed by atoms with Crippen LogP contribution in [0.5, 0.6) is 5.75 Å². The van der Waals surface area contributed by atoms with Gasteiger partial charge in [-0.05, 0) is 30.5 Å². The zero-order valence-electron chi connectivity index (χ0n) is 14.7. The predicted molar refractivity (Wildman–Crippen MR) is 97.4 cm³/mol. The van der Waals surface area contributed by atoms with Crippen molar-refractivity contribution in [1.82, 2.24) is 10.2 Å². The number of methoxy groups -OCH3 is 1. The molecule has 1 fully saturated rings. The molecule has 2 aromatic rings. The molecule has 1 aliphatic rings. The Balaban J connectivity index is 1.86. The van der Waals surface area contributed by atoms with E-state index in [1.165, 1.54) is 11.3 Å². The molecule has 0 atom stereocenters. The van der Waals surface area contributed by atoms with Crippen LogP contribution in [0.1, 0.15) is 43.2 Å². The van der Waals surface area contributed by atoms with E-state index >= 15 is 0 Å². The van der Waals surface area contributed by atoms with E-state index in [2.05, 4.69) is 29.4 Å². The van der Waals surface area contributed by atoms with Gasteiger partial charge in [0.2, 0.25) is 11.0 Å². The lowest BCUT2D eigenvalue weighted by atomic mass is 9.73. The largest absolute Gasteiger partial charge is 0.497 e. The van der Waals surface area contributed by atoms with Crippen LogP contribution in [0.3, 0.4) is 0 Å². The van der Waals surface area contributed by atoms with Crippen molar-refractivity contribution >= 4 is 22.4 Å². The summed E-state index contributed by atoms with van der Waals surface area (Å²) in [7, 11) is 1.63. The maximum atomic E-state index is 13.2. The van der Waals surface area contributed by atoms with E-state index < -0.39 is 5.41 Å². The standard InChI is InChI=1S/C18H23N3O3S/c1-12(2)15-20-21-17(25-15)19-16(22)18(8-10-24-11-9-18)13-4-6-14(23-3)7-5-13/h4-7,12H,8-11H2,1-3H3,(H,19,21,22). The number of nitrogens with one attached hydrogen (secondary N) is 1. The van der Waals surface area contributed by atoms with Gasteiger partial charge in [0.1, 0.15) is 10.8 Å². The van der Waals surface area contributed by atoms with Gasteiger partial charge >= 0.3 is 0 Å². The lowest BCUT2D eigenvalue weighted by molar-refractivity contribution is -0.125. The molecule has 1 N–H and O–H groups in total. The summed E-state index contributed by atoms with van der Waals surface area (Å²) in [4.78, 5) is 13.2. The van der Waals surface area contributed by atoms with Crippen molar-refractivity contribution < 1.29 is 14.3 Å². The van der Waals surface area contributed by atoms with Gasteiger partial charge in [0, 0.05) is 19.1 Å². The number of carbonyl (C=O) groups excluding carboxylic acids is 1. The van der Waals surface area contributed by atoms with Crippen molar-refractivity contribution in [2.24, 2.45) is 0 Å². The van der Waals surface area contributed by atoms with Gasteiger partial charge < -0.3 is 9.47 Å². The molecule has 1 aromatic carbocycles. The normalized spacial score (nSPS) is 16.6. The molecule has 1 aromatic heterocycles. The summed E-state index contributed by atoms with van der Waals surface area (Å²) in [5.74, 6) is 1.02. The summed E-state index contributed by atoms with van der Waals surface area (Å²) >= 11 is 1.43. The molecule has 2 heterocycles. The number of anilines is 1. The maximum absolute atomic E-state index is 13.2. The van der Waals surface area contributed by atoms with Crippen LogP contribution in [0.15, 0.2) is 24.3 Å². The van der Waals surface area contributed by atoms with Gasteiger partial charge in [-0.15, -0.1) is 10.2 Å². The molecule has 134 valence electrons. The molecule has 1 saturated heterocycles. The van der Waals surface area contributed by atoms with Crippen molar-refractivity contribution in [3.05, 3.63) is 34.8 Å². The fourth-order valence-electron chi connectivity index (χ4n) is 3.01. The van der Waals surface area contributed by atoms with E-state index in [1.54, 1.807) is 7.11 Å². The maximum Gasteiger partial charge on any atom is 0.237 e. The van der Waals surface area contributed by atoms with Crippen LogP contribution in [-0.2, 0) is 14.9 Å². The van der Waals surface area contributed by atoms with Crippen LogP contribution >= 0.6 is 11.3 Å². The molecule has 0 radical (unpaired) electrons. The molecule has 6 nitrogen and oxygen atoms in total. The van der Waals surface area contributed by atoms with Crippen molar-refractivity contribution in [3.8, 4) is 5.75 Å². The van der Waals surface area contributed by atoms with Gasteiger partial charge in [0.25, 0.3) is 0 Å². The molecule has 1 aliphatic heterocycles. The second kappa shape index (κ2) is 7.49. The zero-order valence-corrected chi connectivity index (χ0v) is 15.6. The molecule has 0 bridgehead atoms. The molecule has 25 heavy (non-hydrogen) atoms. The van der Waals surface area contributed by atoms with E-state index in [9.17, 15) is 4.79 Å². The number of hydrogen-bond donors (Lipinski definition) is 1. The summed E-state index contributed by atoms with van der Waals surface area (Å²) in [5.41, 5.74) is 0.358. The first-order valence-corrected chi connectivity index (χ1v) is 9.24. The fourth-order valence-corrected chi connectivity index (χ4v) is 3.75. The average molecular weight is 361 g/mol. The Morgan fingerprint density at radius 3 is 2.48 bits per heavy atom. The van der Waals surface area contributed by atoms with E-state index in [1.807, 2.05) is 24.3 Å². The topological polar surface area (TPSA) is 73.3 Å². The molecule has 0 unspecified atom stereocenters. The predicted octanol–water partition coefficient (Wildman–Crippen LogP) is 3.36. The molecule has 7 heteroatoms. The van der Waals surface area contributed by atoms with E-state index in [0.29, 0.717) is 37.1 Å². The lowest BCUT2D eigenvalue weighted by Gasteiger charge is -2.36. The number of ether oxygens (including phenoxy) is 2. The van der Waals surface area contributed by atoms with Crippen molar-refractivity contribution in [2.45, 2.75) is 38.0 Å². The van der Waals surface area contributed by atoms with Crippen LogP contribution in [0.25, 0.3) is 0 Å². The summed E-state index contributed by atoms with van der Waals surface area (Å²) in [6.07, 6.45) is 1.28. The molecule has 0 aliphatic carbocycles. The van der Waals surface area contributed by atoms with Crippen LogP contribution in [0.4, 0.5) is 5.13 Å². The third-order valence-corrected chi connectivity index (χ3v) is 5.72. The van der Waals surface area contributed by atoms with E-state index in [4.69, 9.17) is 9.47 Å². The monoisotopic (exact) mass is 361 g/mol. The van der Waals surface area contributed by atoms with Gasteiger partial charge in [0.05, 0.1) is 12.5 Å². The second-order valence-corrected chi connectivity index (χ2v) is 7.49. The Bertz CT molecular complexity index is 721. The molecular weight excluding hydrogens is 338 g/mol. The Morgan fingerprint density at radius 2 is 1.92 bits per heavy atom. The smallest absolute Gasteiger partial charge is 0.237 e. The highest BCUT2D eigenvalue weighted by atomic mass is 32.1. The minimum Gasteiger partial charge on any atom is -0.497 e. The van der Waals surface area contributed by atoms with Gasteiger partial charge in [0.15, 0.2) is 0 Å². The number of carbonyl (C=O) groups is 1. The first kappa shape index (κ1) is 17.8. The second-order valence-electron chi connectivity index (χ2n) is 6.48. The van der Waals surface area contributed by atoms with Gasteiger partial charge in [-0.3, -0.25) is 10.1 Å². The molecule has 3 rings (SSSR count). The lowest BCUT2D eigenvalue weighted by Crippen LogP contribution is -2.44. The molecule has 1 amide bonds. The quantitative estimate of drug-likeness (QED) is 0.884. The van der Waals surface area contributed by atoms with E-state index in [-0.39, 0.29) is 5.91 Å². The number of rotatable bonds is 5. The summed E-state index contributed by atoms with van der Waals surface area (Å²) < 4.78 is 10.7. The van der Waals surface area contributed by atoms with Crippen molar-refractivity contribution in [2.75, 3.05) is 25.6 Å². The summed E-state index contributed by atoms with van der Waals surface area (Å²) in [6, 6.07) is 7.70. The Hall–Kier alpha value is -1.99. The first-order valence-electron chi connectivity index (χ1n) is 8.42. The number of aromatic nitrogens is 2. The minimum atomic E-state index is -0.617. The number of nitrogens with zero attached hydrogens (tertiary/aromatic N) is 2. The fraction of sp³-hybridized carbons (Fsp3) is 0.500. The molecule has 0 spiro atoms. The number of benzene rings is 1. The van der Waals surface area contributed by atoms with Crippen LogP contribution in [-0.4, -0.2) is 36.4 Å². The Labute approximate surface area is 151 Å². The highest BCUT2D eigenvalue weighted by Crippen LogP contribution is 2.37. The van der Waals surface area contributed by atoms with E-state index in [0.717, 1.165) is 16.3 Å². The van der Waals surface area contributed by atoms with Crippen molar-refractivity contribution in [1.29, 1.82) is 0 Å². The third-order valence-electron chi connectivity index (χ3n) is 4.58. The molecular formula is C18H23N3O3S. The Morgan fingerprint density at radius 1 is 1.24 bits per heavy atom. The van der Waals surface area contributed by atoms with Crippen LogP contribution in [0, 0.1) is 0 Å².